The Morgan fingerprint density at radius 1 is 1.00 bits per heavy atom. The van der Waals surface area contributed by atoms with Crippen molar-refractivity contribution in [1.29, 1.82) is 0 Å². The fraction of sp³-hybridized carbons (Fsp3) is 1.00. The molecule has 3 heteroatoms. The predicted octanol–water partition coefficient (Wildman–Crippen LogP) is 0.211. The summed E-state index contributed by atoms with van der Waals surface area (Å²) < 4.78 is 0. The molecule has 0 aromatic heterocycles. The van der Waals surface area contributed by atoms with Gasteiger partial charge in [0.1, 0.15) is 0 Å². The third-order valence-corrected chi connectivity index (χ3v) is 0. The molecule has 0 heterocycles. The molecule has 1 nitrogen and oxygen atoms in total. The van der Waals surface area contributed by atoms with Crippen LogP contribution in [-0.2, 0) is 0 Å². The molecule has 5 heavy (non-hydrogen) atoms. The minimum atomic E-state index is 0. The van der Waals surface area contributed by atoms with Crippen LogP contribution in [0.4, 0.5) is 0 Å². The van der Waals surface area contributed by atoms with Gasteiger partial charge in [0.05, 0.1) is 0 Å². The summed E-state index contributed by atoms with van der Waals surface area (Å²) in [5.74, 6) is 0. The van der Waals surface area contributed by atoms with Gasteiger partial charge in [-0.3, -0.25) is 0 Å². The van der Waals surface area contributed by atoms with E-state index >= 15 is 0 Å². The van der Waals surface area contributed by atoms with E-state index in [4.69, 9.17) is 0 Å². The normalized spacial score (nSPS) is 1.20. The molecule has 0 unspecified atom stereocenters. The van der Waals surface area contributed by atoms with Crippen molar-refractivity contribution in [3.63, 3.8) is 0 Å². The molecule has 0 spiro atoms. The molecule has 0 saturated carbocycles. The fourth-order valence-electron chi connectivity index (χ4n) is 0. The van der Waals surface area contributed by atoms with Crippen LogP contribution in [0.5, 0.6) is 0 Å². The summed E-state index contributed by atoms with van der Waals surface area (Å²) in [4.78, 5) is 0. The summed E-state index contributed by atoms with van der Waals surface area (Å²) in [5.41, 5.74) is 4.50. The Hall–Kier alpha value is 2.06. The Labute approximate surface area is 81.2 Å². The van der Waals surface area contributed by atoms with E-state index in [9.17, 15) is 0 Å². The first-order valence-electron chi connectivity index (χ1n) is 0.577. The zero-order valence-corrected chi connectivity index (χ0v) is 10.9. The van der Waals surface area contributed by atoms with Crippen LogP contribution in [-0.4, -0.2) is 7.05 Å². The third kappa shape index (κ3) is 23.5. The summed E-state index contributed by atoms with van der Waals surface area (Å²) in [5, 5.41) is 0. The third-order valence-electron chi connectivity index (χ3n) is 0. The van der Waals surface area contributed by atoms with E-state index in [0.717, 1.165) is 0 Å². The van der Waals surface area contributed by atoms with Crippen LogP contribution >= 0.6 is 0 Å². The van der Waals surface area contributed by atoms with Crippen molar-refractivity contribution in [3.05, 3.63) is 0 Å². The van der Waals surface area contributed by atoms with E-state index in [1.807, 2.05) is 0 Å². The Morgan fingerprint density at radius 2 is 1.00 bits per heavy atom. The molecular weight excluding hydrogens is 514 g/mol. The first-order chi connectivity index (χ1) is 1.00. The summed E-state index contributed by atoms with van der Waals surface area (Å²) in [6, 6.07) is 0. The molecule has 30 valence electrons. The average Bonchev–Trinajstić information content (AvgIpc) is 1.00. The molecule has 0 amide bonds. The molecule has 0 saturated heterocycles. The van der Waals surface area contributed by atoms with Gasteiger partial charge in [-0.25, -0.2) is 0 Å². The van der Waals surface area contributed by atoms with Crippen molar-refractivity contribution in [2.24, 2.45) is 5.73 Å². The van der Waals surface area contributed by atoms with E-state index in [2.05, 4.69) is 5.73 Å². The van der Waals surface area contributed by atoms with Gasteiger partial charge in [0.15, 0.2) is 0 Å². The molecule has 0 atom stereocenters. The van der Waals surface area contributed by atoms with Crippen LogP contribution in [0.1, 0.15) is 7.43 Å². The smallest absolute Gasteiger partial charge is 0 e. The van der Waals surface area contributed by atoms with Gasteiger partial charge in [-0.2, -0.15) is 0 Å². The van der Waals surface area contributed by atoms with Gasteiger partial charge in [0, 0.05) is 62.2 Å². The van der Waals surface area contributed by atoms with Crippen molar-refractivity contribution in [2.45, 2.75) is 7.43 Å². The number of rotatable bonds is 0. The SMILES string of the molecule is C.CN.[U].[U]. The fourth-order valence-corrected chi connectivity index (χ4v) is 0. The summed E-state index contributed by atoms with van der Waals surface area (Å²) in [6.07, 6.45) is 0. The number of hydrogen-bond donors (Lipinski definition) is 1. The van der Waals surface area contributed by atoms with Gasteiger partial charge in [0.25, 0.3) is 0 Å². The molecule has 0 aliphatic carbocycles. The van der Waals surface area contributed by atoms with Gasteiger partial charge in [-0.1, -0.05) is 7.43 Å². The zero-order chi connectivity index (χ0) is 2.00. The summed E-state index contributed by atoms with van der Waals surface area (Å²) in [6.45, 7) is 0. The van der Waals surface area contributed by atoms with Crippen LogP contribution in [0.2, 0.25) is 0 Å². The van der Waals surface area contributed by atoms with Gasteiger partial charge in [0.2, 0.25) is 0 Å². The zero-order valence-electron chi connectivity index (χ0n) is 2.58. The van der Waals surface area contributed by atoms with Crippen molar-refractivity contribution in [3.8, 4) is 0 Å². The van der Waals surface area contributed by atoms with Crippen LogP contribution < -0.4 is 5.73 Å². The van der Waals surface area contributed by atoms with Crippen LogP contribution in [0.3, 0.4) is 0 Å². The minimum absolute atomic E-state index is 0. The van der Waals surface area contributed by atoms with Crippen molar-refractivity contribution < 1.29 is 62.2 Å². The summed E-state index contributed by atoms with van der Waals surface area (Å²) >= 11 is 0. The topological polar surface area (TPSA) is 26.0 Å². The maximum absolute atomic E-state index is 4.50. The maximum atomic E-state index is 4.50. The second-order valence-electron chi connectivity index (χ2n) is 0. The van der Waals surface area contributed by atoms with Crippen molar-refractivity contribution >= 4 is 0 Å². The Bertz CT molecular complexity index is 7.61. The molecule has 0 aromatic rings. The molecule has 0 radical (unpaired) electrons. The molecule has 0 rings (SSSR count). The van der Waals surface area contributed by atoms with Gasteiger partial charge in [-0.05, 0) is 7.05 Å². The summed E-state index contributed by atoms with van der Waals surface area (Å²) in [7, 11) is 1.50. The number of hydrogen-bond acceptors (Lipinski definition) is 1. The Morgan fingerprint density at radius 3 is 1.00 bits per heavy atom. The van der Waals surface area contributed by atoms with Crippen molar-refractivity contribution in [2.75, 3.05) is 7.05 Å². The Balaban J connectivity index is -0.00000000167. The molecule has 0 fully saturated rings. The second-order valence-corrected chi connectivity index (χ2v) is 0. The van der Waals surface area contributed by atoms with E-state index in [-0.39, 0.29) is 69.7 Å². The van der Waals surface area contributed by atoms with E-state index in [1.54, 1.807) is 0 Å². The van der Waals surface area contributed by atoms with Crippen molar-refractivity contribution in [1.82, 2.24) is 0 Å². The molecule has 0 aliphatic heterocycles. The molecule has 0 bridgehead atoms. The van der Waals surface area contributed by atoms with Crippen LogP contribution in [0.15, 0.2) is 0 Å². The maximum Gasteiger partial charge on any atom is 0 e. The molecule has 0 aliphatic rings. The minimum Gasteiger partial charge on any atom is -0.333 e. The first kappa shape index (κ1) is 27.7. The Kier molecular flexibility index (Phi) is 202. The largest absolute Gasteiger partial charge is 0.333 e. The van der Waals surface area contributed by atoms with Gasteiger partial charge >= 0.3 is 0 Å². The molecular formula is C2H9NU2. The molecule has 0 aromatic carbocycles. The average molecular weight is 523 g/mol. The van der Waals surface area contributed by atoms with Crippen LogP contribution in [0.25, 0.3) is 0 Å². The van der Waals surface area contributed by atoms with Gasteiger partial charge < -0.3 is 5.73 Å². The molecule has 2 N–H and O–H groups in total. The van der Waals surface area contributed by atoms with E-state index in [1.165, 1.54) is 7.05 Å². The van der Waals surface area contributed by atoms with E-state index in [0.29, 0.717) is 0 Å². The van der Waals surface area contributed by atoms with E-state index < -0.39 is 0 Å². The predicted molar refractivity (Wildman–Crippen MR) is 16.8 cm³/mol. The monoisotopic (exact) mass is 523 g/mol. The second kappa shape index (κ2) is 36.5. The van der Waals surface area contributed by atoms with Crippen LogP contribution in [0, 0.1) is 62.2 Å². The standard InChI is InChI=1S/CH5N.CH4.2U/c1-2;;;/h2H2,1H3;1H4;;. The first-order valence-corrected chi connectivity index (χ1v) is 0.577. The number of nitrogens with two attached hydrogens (primary N) is 1. The quantitative estimate of drug-likeness (QED) is 0.484. The van der Waals surface area contributed by atoms with Gasteiger partial charge in [-0.15, -0.1) is 0 Å².